The van der Waals surface area contributed by atoms with Crippen LogP contribution in [0.15, 0.2) is 40.9 Å². The summed E-state index contributed by atoms with van der Waals surface area (Å²) >= 11 is 3.36. The van der Waals surface area contributed by atoms with Crippen molar-refractivity contribution in [2.45, 2.75) is 19.9 Å². The molecule has 5 heteroatoms. The summed E-state index contributed by atoms with van der Waals surface area (Å²) in [5.41, 5.74) is 1.58. The molecule has 0 saturated heterocycles. The number of benzene rings is 2. The number of nitrogens with one attached hydrogen (secondary N) is 1. The Balaban J connectivity index is 2.18. The summed E-state index contributed by atoms with van der Waals surface area (Å²) in [5.74, 6) is -1.42. The van der Waals surface area contributed by atoms with E-state index < -0.39 is 17.7 Å². The van der Waals surface area contributed by atoms with E-state index >= 15 is 0 Å². The molecule has 110 valence electrons. The van der Waals surface area contributed by atoms with Crippen molar-refractivity contribution in [1.82, 2.24) is 5.32 Å². The predicted molar refractivity (Wildman–Crippen MR) is 81.1 cm³/mol. The lowest BCUT2D eigenvalue weighted by Gasteiger charge is -2.15. The number of carbonyl (C=O) groups excluding carboxylic acids is 1. The average Bonchev–Trinajstić information content (AvgIpc) is 2.44. The second-order valence-corrected chi connectivity index (χ2v) is 5.68. The third-order valence-electron chi connectivity index (χ3n) is 3.21. The summed E-state index contributed by atoms with van der Waals surface area (Å²) in [6.45, 7) is 3.52. The molecule has 1 unspecified atom stereocenters. The van der Waals surface area contributed by atoms with Gasteiger partial charge in [0.25, 0.3) is 5.91 Å². The van der Waals surface area contributed by atoms with Crippen LogP contribution < -0.4 is 5.32 Å². The number of carbonyl (C=O) groups is 1. The molecule has 0 aliphatic rings. The van der Waals surface area contributed by atoms with Crippen LogP contribution in [0.25, 0.3) is 0 Å². The van der Waals surface area contributed by atoms with Gasteiger partial charge in [-0.2, -0.15) is 0 Å². The summed E-state index contributed by atoms with van der Waals surface area (Å²) in [5, 5.41) is 2.66. The molecule has 0 aromatic heterocycles. The summed E-state index contributed by atoms with van der Waals surface area (Å²) in [6, 6.07) is 7.75. The minimum atomic E-state index is -0.631. The lowest BCUT2D eigenvalue weighted by atomic mass is 10.1. The zero-order valence-corrected chi connectivity index (χ0v) is 13.2. The summed E-state index contributed by atoms with van der Waals surface area (Å²) in [7, 11) is 0. The number of amides is 1. The number of hydrogen-bond donors (Lipinski definition) is 1. The standard InChI is InChI=1S/C16H14BrF2NO/c1-9-3-4-11(7-14(9)17)16(21)20-10(2)13-8-12(18)5-6-15(13)19/h3-8,10H,1-2H3,(H,20,21). The maximum atomic E-state index is 13.7. The van der Waals surface area contributed by atoms with Crippen LogP contribution in [0, 0.1) is 18.6 Å². The molecule has 0 fully saturated rings. The maximum absolute atomic E-state index is 13.7. The van der Waals surface area contributed by atoms with Gasteiger partial charge in [-0.25, -0.2) is 8.78 Å². The van der Waals surface area contributed by atoms with Gasteiger partial charge < -0.3 is 5.32 Å². The largest absolute Gasteiger partial charge is 0.345 e. The fraction of sp³-hybridized carbons (Fsp3) is 0.188. The molecule has 2 aromatic rings. The second kappa shape index (κ2) is 6.35. The van der Waals surface area contributed by atoms with Crippen LogP contribution in [-0.4, -0.2) is 5.91 Å². The van der Waals surface area contributed by atoms with Gasteiger partial charge in [-0.15, -0.1) is 0 Å². The fourth-order valence-corrected chi connectivity index (χ4v) is 2.32. The molecule has 0 bridgehead atoms. The molecule has 2 aromatic carbocycles. The van der Waals surface area contributed by atoms with E-state index in [9.17, 15) is 13.6 Å². The quantitative estimate of drug-likeness (QED) is 0.862. The highest BCUT2D eigenvalue weighted by molar-refractivity contribution is 9.10. The predicted octanol–water partition coefficient (Wildman–Crippen LogP) is 4.53. The van der Waals surface area contributed by atoms with Crippen molar-refractivity contribution in [2.24, 2.45) is 0 Å². The Bertz CT molecular complexity index is 688. The van der Waals surface area contributed by atoms with E-state index in [0.717, 1.165) is 28.2 Å². The minimum Gasteiger partial charge on any atom is -0.345 e. The van der Waals surface area contributed by atoms with Gasteiger partial charge >= 0.3 is 0 Å². The monoisotopic (exact) mass is 353 g/mol. The van der Waals surface area contributed by atoms with Crippen molar-refractivity contribution in [3.05, 3.63) is 69.2 Å². The molecule has 2 nitrogen and oxygen atoms in total. The molecule has 1 N–H and O–H groups in total. The summed E-state index contributed by atoms with van der Waals surface area (Å²) in [4.78, 5) is 12.1. The number of hydrogen-bond acceptors (Lipinski definition) is 1. The Morgan fingerprint density at radius 1 is 1.19 bits per heavy atom. The first kappa shape index (κ1) is 15.6. The molecular formula is C16H14BrF2NO. The molecule has 0 radical (unpaired) electrons. The molecule has 1 amide bonds. The SMILES string of the molecule is Cc1ccc(C(=O)NC(C)c2cc(F)ccc2F)cc1Br. The zero-order chi connectivity index (χ0) is 15.6. The Kier molecular flexibility index (Phi) is 4.73. The van der Waals surface area contributed by atoms with Crippen LogP contribution >= 0.6 is 15.9 Å². The highest BCUT2D eigenvalue weighted by atomic mass is 79.9. The average molecular weight is 354 g/mol. The molecule has 21 heavy (non-hydrogen) atoms. The molecular weight excluding hydrogens is 340 g/mol. The second-order valence-electron chi connectivity index (χ2n) is 4.82. The normalized spacial score (nSPS) is 12.0. The van der Waals surface area contributed by atoms with E-state index in [2.05, 4.69) is 21.2 Å². The number of aryl methyl sites for hydroxylation is 1. The van der Waals surface area contributed by atoms with Crippen molar-refractivity contribution in [1.29, 1.82) is 0 Å². The van der Waals surface area contributed by atoms with Gasteiger partial charge in [0.15, 0.2) is 0 Å². The molecule has 0 aliphatic heterocycles. The van der Waals surface area contributed by atoms with E-state index in [-0.39, 0.29) is 11.5 Å². The van der Waals surface area contributed by atoms with E-state index in [1.54, 1.807) is 19.1 Å². The topological polar surface area (TPSA) is 29.1 Å². The number of rotatable bonds is 3. The lowest BCUT2D eigenvalue weighted by molar-refractivity contribution is 0.0939. The Morgan fingerprint density at radius 3 is 2.57 bits per heavy atom. The van der Waals surface area contributed by atoms with Crippen LogP contribution in [0.1, 0.15) is 34.5 Å². The molecule has 0 spiro atoms. The highest BCUT2D eigenvalue weighted by Crippen LogP contribution is 2.20. The Labute approximate surface area is 130 Å². The van der Waals surface area contributed by atoms with Crippen molar-refractivity contribution >= 4 is 21.8 Å². The van der Waals surface area contributed by atoms with Gasteiger partial charge in [0.2, 0.25) is 0 Å². The van der Waals surface area contributed by atoms with Crippen molar-refractivity contribution < 1.29 is 13.6 Å². The van der Waals surface area contributed by atoms with E-state index in [0.29, 0.717) is 5.56 Å². The van der Waals surface area contributed by atoms with Crippen LogP contribution in [0.2, 0.25) is 0 Å². The first-order chi connectivity index (χ1) is 9.88. The first-order valence-electron chi connectivity index (χ1n) is 6.40. The van der Waals surface area contributed by atoms with Crippen molar-refractivity contribution in [3.8, 4) is 0 Å². The van der Waals surface area contributed by atoms with E-state index in [1.165, 1.54) is 0 Å². The van der Waals surface area contributed by atoms with Gasteiger partial charge in [0.1, 0.15) is 11.6 Å². The van der Waals surface area contributed by atoms with Crippen LogP contribution in [0.5, 0.6) is 0 Å². The van der Waals surface area contributed by atoms with Gasteiger partial charge in [0, 0.05) is 15.6 Å². The molecule has 0 heterocycles. The molecule has 0 saturated carbocycles. The third kappa shape index (κ3) is 3.67. The first-order valence-corrected chi connectivity index (χ1v) is 7.19. The van der Waals surface area contributed by atoms with Gasteiger partial charge in [0.05, 0.1) is 6.04 Å². The zero-order valence-electron chi connectivity index (χ0n) is 11.6. The van der Waals surface area contributed by atoms with Crippen molar-refractivity contribution in [2.75, 3.05) is 0 Å². The highest BCUT2D eigenvalue weighted by Gasteiger charge is 2.16. The summed E-state index contributed by atoms with van der Waals surface area (Å²) < 4.78 is 27.7. The molecule has 1 atom stereocenters. The van der Waals surface area contributed by atoms with Crippen molar-refractivity contribution in [3.63, 3.8) is 0 Å². The fourth-order valence-electron chi connectivity index (χ4n) is 1.94. The summed E-state index contributed by atoms with van der Waals surface area (Å²) in [6.07, 6.45) is 0. The van der Waals surface area contributed by atoms with Crippen LogP contribution in [0.4, 0.5) is 8.78 Å². The van der Waals surface area contributed by atoms with Crippen LogP contribution in [0.3, 0.4) is 0 Å². The molecule has 2 rings (SSSR count). The van der Waals surface area contributed by atoms with Gasteiger partial charge in [-0.05, 0) is 49.7 Å². The smallest absolute Gasteiger partial charge is 0.251 e. The van der Waals surface area contributed by atoms with E-state index in [1.807, 2.05) is 13.0 Å². The Hall–Kier alpha value is -1.75. The Morgan fingerprint density at radius 2 is 1.90 bits per heavy atom. The van der Waals surface area contributed by atoms with E-state index in [4.69, 9.17) is 0 Å². The van der Waals surface area contributed by atoms with Crippen LogP contribution in [-0.2, 0) is 0 Å². The lowest BCUT2D eigenvalue weighted by Crippen LogP contribution is -2.27. The molecule has 0 aliphatic carbocycles. The number of halogens is 3. The maximum Gasteiger partial charge on any atom is 0.251 e. The minimum absolute atomic E-state index is 0.120. The van der Waals surface area contributed by atoms with Gasteiger partial charge in [-0.1, -0.05) is 22.0 Å². The third-order valence-corrected chi connectivity index (χ3v) is 4.06. The van der Waals surface area contributed by atoms with Gasteiger partial charge in [-0.3, -0.25) is 4.79 Å².